The molecule has 0 atom stereocenters. The van der Waals surface area contributed by atoms with Crippen molar-refractivity contribution in [3.8, 4) is 0 Å². The van der Waals surface area contributed by atoms with Crippen LogP contribution in [-0.2, 0) is 19.6 Å². The molecule has 6 nitrogen and oxygen atoms in total. The van der Waals surface area contributed by atoms with Gasteiger partial charge in [0.2, 0.25) is 0 Å². The zero-order valence-corrected chi connectivity index (χ0v) is 10.1. The van der Waals surface area contributed by atoms with E-state index in [-0.39, 0.29) is 9.91 Å². The van der Waals surface area contributed by atoms with Gasteiger partial charge in [-0.25, -0.2) is 0 Å². The summed E-state index contributed by atoms with van der Waals surface area (Å²) in [6, 6.07) is 4.81. The van der Waals surface area contributed by atoms with Crippen LogP contribution >= 0.6 is 0 Å². The van der Waals surface area contributed by atoms with E-state index in [1.165, 1.54) is 12.1 Å². The summed E-state index contributed by atoms with van der Waals surface area (Å²) in [4.78, 5) is 0. The van der Waals surface area contributed by atoms with E-state index in [1.807, 2.05) is 0 Å². The van der Waals surface area contributed by atoms with Crippen LogP contribution in [0.15, 0.2) is 24.3 Å². The van der Waals surface area contributed by atoms with Gasteiger partial charge in [-0.15, -0.1) is 0 Å². The molecule has 0 spiro atoms. The van der Waals surface area contributed by atoms with E-state index in [9.17, 15) is 12.2 Å². The van der Waals surface area contributed by atoms with Gasteiger partial charge in [0.1, 0.15) is 0 Å². The maximum absolute atomic E-state index is 10.8. The van der Waals surface area contributed by atoms with Crippen LogP contribution in [0.4, 0.5) is 0 Å². The van der Waals surface area contributed by atoms with E-state index in [2.05, 4.69) is 0 Å². The van der Waals surface area contributed by atoms with E-state index in [0.717, 1.165) is 12.1 Å². The number of hydrogen-bond acceptors (Lipinski definition) is 3. The first-order valence-electron chi connectivity index (χ1n) is 3.79. The molecule has 84 valence electrons. The van der Waals surface area contributed by atoms with Gasteiger partial charge < -0.3 is 0 Å². The third-order valence-corrected chi connectivity index (χ3v) is 4.36. The SMILES string of the molecule is O=S(=O)(O)Cc1ccc([As](=O)(O)O)cc1. The number of rotatable bonds is 3. The molecule has 1 aromatic carbocycles. The van der Waals surface area contributed by atoms with Gasteiger partial charge in [-0.05, 0) is 0 Å². The molecule has 1 aromatic rings. The second kappa shape index (κ2) is 4.11. The van der Waals surface area contributed by atoms with E-state index < -0.39 is 30.0 Å². The van der Waals surface area contributed by atoms with Crippen molar-refractivity contribution < 1.29 is 24.9 Å². The summed E-state index contributed by atoms with van der Waals surface area (Å²) in [5.74, 6) is -0.568. The summed E-state index contributed by atoms with van der Waals surface area (Å²) in [6.07, 6.45) is 0. The van der Waals surface area contributed by atoms with Gasteiger partial charge in [0, 0.05) is 0 Å². The molecule has 0 fully saturated rings. The Morgan fingerprint density at radius 3 is 1.93 bits per heavy atom. The van der Waals surface area contributed by atoms with Gasteiger partial charge in [-0.3, -0.25) is 0 Å². The molecule has 0 radical (unpaired) electrons. The fourth-order valence-electron chi connectivity index (χ4n) is 0.997. The van der Waals surface area contributed by atoms with Gasteiger partial charge in [-0.1, -0.05) is 0 Å². The van der Waals surface area contributed by atoms with Gasteiger partial charge >= 0.3 is 89.1 Å². The average Bonchev–Trinajstić information content (AvgIpc) is 2.00. The van der Waals surface area contributed by atoms with Crippen molar-refractivity contribution in [2.45, 2.75) is 5.75 Å². The Morgan fingerprint density at radius 1 is 1.13 bits per heavy atom. The van der Waals surface area contributed by atoms with Gasteiger partial charge in [-0.2, -0.15) is 0 Å². The van der Waals surface area contributed by atoms with Gasteiger partial charge in [0.05, 0.1) is 0 Å². The maximum atomic E-state index is 10.8. The topological polar surface area (TPSA) is 112 Å². The Kier molecular flexibility index (Phi) is 3.42. The molecule has 0 saturated heterocycles. The van der Waals surface area contributed by atoms with Crippen LogP contribution in [0.1, 0.15) is 5.56 Å². The molecule has 0 saturated carbocycles. The first-order chi connectivity index (χ1) is 6.68. The van der Waals surface area contributed by atoms with Crippen LogP contribution in [-0.4, -0.2) is 35.3 Å². The summed E-state index contributed by atoms with van der Waals surface area (Å²) < 4.78 is 57.8. The Balaban J connectivity index is 2.97. The van der Waals surface area contributed by atoms with Gasteiger partial charge in [0.15, 0.2) is 0 Å². The molecule has 15 heavy (non-hydrogen) atoms. The predicted octanol–water partition coefficient (Wildman–Crippen LogP) is -1.36. The fourth-order valence-corrected chi connectivity index (χ4v) is 2.74. The van der Waals surface area contributed by atoms with E-state index >= 15 is 0 Å². The molecule has 0 aliphatic rings. The van der Waals surface area contributed by atoms with E-state index in [1.54, 1.807) is 0 Å². The molecule has 0 aromatic heterocycles. The molecular formula is C7H9AsO6S. The third kappa shape index (κ3) is 4.19. The Hall–Kier alpha value is -0.592. The van der Waals surface area contributed by atoms with Crippen molar-refractivity contribution in [2.75, 3.05) is 0 Å². The first-order valence-corrected chi connectivity index (χ1v) is 8.78. The summed E-state index contributed by atoms with van der Waals surface area (Å²) in [5.41, 5.74) is 0.269. The van der Waals surface area contributed by atoms with Crippen LogP contribution in [0.25, 0.3) is 0 Å². The average molecular weight is 296 g/mol. The number of benzene rings is 1. The molecule has 0 heterocycles. The van der Waals surface area contributed by atoms with Crippen molar-refractivity contribution in [1.29, 1.82) is 0 Å². The Labute approximate surface area is 89.3 Å². The van der Waals surface area contributed by atoms with Crippen molar-refractivity contribution in [2.24, 2.45) is 0 Å². The fraction of sp³-hybridized carbons (Fsp3) is 0.143. The van der Waals surface area contributed by atoms with Crippen LogP contribution in [0, 0.1) is 0 Å². The number of hydrogen-bond donors (Lipinski definition) is 3. The zero-order chi connectivity index (χ0) is 11.7. The molecule has 0 amide bonds. The molecular weight excluding hydrogens is 287 g/mol. The summed E-state index contributed by atoms with van der Waals surface area (Å²) in [5, 5.41) is 0. The standard InChI is InChI=1S/C7H9AsO6S/c9-8(10,11)7-3-1-6(2-4-7)5-15(12,13)14/h1-4H,5H2,(H2,9,10,11)(H,12,13,14). The summed E-state index contributed by atoms with van der Waals surface area (Å²) >= 11 is -4.90. The predicted molar refractivity (Wildman–Crippen MR) is 52.2 cm³/mol. The minimum atomic E-state index is -4.90. The van der Waals surface area contributed by atoms with Crippen LogP contribution < -0.4 is 4.35 Å². The Bertz CT molecular complexity index is 485. The Morgan fingerprint density at radius 2 is 1.60 bits per heavy atom. The van der Waals surface area contributed by atoms with Crippen LogP contribution in [0.3, 0.4) is 0 Å². The second-order valence-corrected chi connectivity index (χ2v) is 7.76. The van der Waals surface area contributed by atoms with Crippen molar-refractivity contribution in [3.63, 3.8) is 0 Å². The van der Waals surface area contributed by atoms with Crippen LogP contribution in [0.2, 0.25) is 0 Å². The molecule has 0 bridgehead atoms. The monoisotopic (exact) mass is 296 g/mol. The zero-order valence-electron chi connectivity index (χ0n) is 7.44. The van der Waals surface area contributed by atoms with Crippen molar-refractivity contribution >= 4 is 28.6 Å². The quantitative estimate of drug-likeness (QED) is 0.469. The van der Waals surface area contributed by atoms with E-state index in [4.69, 9.17) is 12.7 Å². The van der Waals surface area contributed by atoms with Gasteiger partial charge in [0.25, 0.3) is 0 Å². The molecule has 8 heteroatoms. The molecule has 0 aliphatic heterocycles. The molecule has 3 N–H and O–H groups in total. The first kappa shape index (κ1) is 12.5. The molecule has 1 rings (SSSR count). The summed E-state index contributed by atoms with van der Waals surface area (Å²) in [7, 11) is -4.11. The third-order valence-electron chi connectivity index (χ3n) is 1.62. The molecule has 0 unspecified atom stereocenters. The minimum absolute atomic E-state index is 0.132. The second-order valence-electron chi connectivity index (χ2n) is 2.94. The normalized spacial score (nSPS) is 12.7. The van der Waals surface area contributed by atoms with E-state index in [0.29, 0.717) is 0 Å². The van der Waals surface area contributed by atoms with Crippen molar-refractivity contribution in [3.05, 3.63) is 29.8 Å². The van der Waals surface area contributed by atoms with Crippen LogP contribution in [0.5, 0.6) is 0 Å². The summed E-state index contributed by atoms with van der Waals surface area (Å²) in [6.45, 7) is 0. The van der Waals surface area contributed by atoms with Crippen molar-refractivity contribution in [1.82, 2.24) is 0 Å². The molecule has 0 aliphatic carbocycles.